The van der Waals surface area contributed by atoms with Gasteiger partial charge in [-0.3, -0.25) is 9.55 Å². The summed E-state index contributed by atoms with van der Waals surface area (Å²) in [5.41, 5.74) is 7.11. The molecule has 0 spiro atoms. The molecule has 7 heteroatoms. The van der Waals surface area contributed by atoms with Crippen molar-refractivity contribution in [2.75, 3.05) is 0 Å². The van der Waals surface area contributed by atoms with E-state index >= 15 is 0 Å². The van der Waals surface area contributed by atoms with Crippen molar-refractivity contribution >= 4 is 75.1 Å². The fraction of sp³-hybridized carbons (Fsp3) is 0. The predicted molar refractivity (Wildman–Crippen MR) is 210 cm³/mol. The summed E-state index contributed by atoms with van der Waals surface area (Å²) in [6, 6.07) is 50.8. The molecular weight excluding hydrogens is 645 g/mol. The highest BCUT2D eigenvalue weighted by Gasteiger charge is 2.22. The van der Waals surface area contributed by atoms with E-state index in [4.69, 9.17) is 15.0 Å². The van der Waals surface area contributed by atoms with Crippen molar-refractivity contribution in [2.24, 2.45) is 0 Å². The maximum Gasteiger partial charge on any atom is 0.238 e. The third kappa shape index (κ3) is 4.16. The van der Waals surface area contributed by atoms with E-state index < -0.39 is 0 Å². The second-order valence-electron chi connectivity index (χ2n) is 12.7. The van der Waals surface area contributed by atoms with Gasteiger partial charge in [-0.2, -0.15) is 9.97 Å². The molecule has 0 aliphatic rings. The Balaban J connectivity index is 1.23. The van der Waals surface area contributed by atoms with Gasteiger partial charge in [0.1, 0.15) is 0 Å². The summed E-state index contributed by atoms with van der Waals surface area (Å²) in [7, 11) is 0. The molecule has 0 N–H and O–H groups in total. The van der Waals surface area contributed by atoms with Crippen LogP contribution in [0.5, 0.6) is 0 Å². The molecule has 0 unspecified atom stereocenters. The largest absolute Gasteiger partial charge is 0.308 e. The number of aromatic nitrogens is 6. The normalized spacial score (nSPS) is 11.9. The highest BCUT2D eigenvalue weighted by Crippen LogP contribution is 2.43. The lowest BCUT2D eigenvalue weighted by atomic mass is 10.1. The van der Waals surface area contributed by atoms with Crippen LogP contribution < -0.4 is 0 Å². The molecule has 6 aromatic carbocycles. The molecule has 0 atom stereocenters. The van der Waals surface area contributed by atoms with Crippen LogP contribution in [0, 0.1) is 0 Å². The van der Waals surface area contributed by atoms with Crippen molar-refractivity contribution in [3.8, 4) is 34.4 Å². The highest BCUT2D eigenvalue weighted by atomic mass is 32.1. The lowest BCUT2D eigenvalue weighted by molar-refractivity contribution is 0.952. The summed E-state index contributed by atoms with van der Waals surface area (Å²) >= 11 is 1.84. The van der Waals surface area contributed by atoms with Crippen LogP contribution in [-0.4, -0.2) is 29.1 Å². The summed E-state index contributed by atoms with van der Waals surface area (Å²) in [6.07, 6.45) is 3.80. The molecule has 0 bridgehead atoms. The minimum absolute atomic E-state index is 0.576. The summed E-state index contributed by atoms with van der Waals surface area (Å²) in [6.45, 7) is 0. The maximum atomic E-state index is 5.34. The molecule has 0 fully saturated rings. The molecular formula is C44H26N6S. The average Bonchev–Trinajstić information content (AvgIpc) is 3.86. The van der Waals surface area contributed by atoms with Crippen LogP contribution in [0.25, 0.3) is 98.2 Å². The van der Waals surface area contributed by atoms with Crippen molar-refractivity contribution in [1.29, 1.82) is 0 Å². The van der Waals surface area contributed by atoms with Crippen molar-refractivity contribution in [1.82, 2.24) is 29.1 Å². The zero-order valence-electron chi connectivity index (χ0n) is 27.1. The number of pyridine rings is 1. The summed E-state index contributed by atoms with van der Waals surface area (Å²) in [5, 5.41) is 7.18. The van der Waals surface area contributed by atoms with Crippen molar-refractivity contribution < 1.29 is 0 Å². The average molecular weight is 671 g/mol. The van der Waals surface area contributed by atoms with Crippen LogP contribution in [0.15, 0.2) is 158 Å². The van der Waals surface area contributed by atoms with Gasteiger partial charge in [-0.15, -0.1) is 11.3 Å². The number of fused-ring (bicyclic) bond motifs is 10. The molecule has 11 rings (SSSR count). The quantitative estimate of drug-likeness (QED) is 0.187. The first-order valence-electron chi connectivity index (χ1n) is 16.9. The van der Waals surface area contributed by atoms with Crippen LogP contribution in [0.1, 0.15) is 0 Å². The number of para-hydroxylation sites is 3. The van der Waals surface area contributed by atoms with Gasteiger partial charge in [0, 0.05) is 65.2 Å². The van der Waals surface area contributed by atoms with Gasteiger partial charge in [0.05, 0.1) is 27.8 Å². The third-order valence-electron chi connectivity index (χ3n) is 9.90. The van der Waals surface area contributed by atoms with Crippen LogP contribution in [0.2, 0.25) is 0 Å². The number of hydrogen-bond acceptors (Lipinski definition) is 5. The molecule has 51 heavy (non-hydrogen) atoms. The Labute approximate surface area is 295 Å². The van der Waals surface area contributed by atoms with Gasteiger partial charge in [0.25, 0.3) is 0 Å². The van der Waals surface area contributed by atoms with Crippen LogP contribution in [0.4, 0.5) is 0 Å². The Bertz CT molecular complexity index is 3100. The van der Waals surface area contributed by atoms with E-state index in [-0.39, 0.29) is 0 Å². The Morgan fingerprint density at radius 1 is 0.451 bits per heavy atom. The summed E-state index contributed by atoms with van der Waals surface area (Å²) in [5.74, 6) is 1.79. The van der Waals surface area contributed by atoms with E-state index in [0.29, 0.717) is 17.6 Å². The number of thiophene rings is 1. The van der Waals surface area contributed by atoms with E-state index in [9.17, 15) is 0 Å². The molecule has 5 aromatic heterocycles. The Morgan fingerprint density at radius 3 is 2.02 bits per heavy atom. The smallest absolute Gasteiger partial charge is 0.238 e. The Kier molecular flexibility index (Phi) is 6.02. The fourth-order valence-corrected chi connectivity index (χ4v) is 8.94. The molecule has 238 valence electrons. The Morgan fingerprint density at radius 2 is 1.14 bits per heavy atom. The highest BCUT2D eigenvalue weighted by molar-refractivity contribution is 7.26. The molecule has 0 aliphatic heterocycles. The molecule has 5 heterocycles. The summed E-state index contributed by atoms with van der Waals surface area (Å²) < 4.78 is 7.06. The van der Waals surface area contributed by atoms with Crippen molar-refractivity contribution in [3.63, 3.8) is 0 Å². The van der Waals surface area contributed by atoms with E-state index in [1.807, 2.05) is 41.9 Å². The molecule has 0 saturated heterocycles. The first-order chi connectivity index (χ1) is 25.3. The van der Waals surface area contributed by atoms with Gasteiger partial charge < -0.3 is 4.57 Å². The van der Waals surface area contributed by atoms with E-state index in [1.165, 1.54) is 30.9 Å². The van der Waals surface area contributed by atoms with Gasteiger partial charge in [-0.1, -0.05) is 103 Å². The van der Waals surface area contributed by atoms with E-state index in [2.05, 4.69) is 142 Å². The molecule has 0 aliphatic carbocycles. The van der Waals surface area contributed by atoms with Gasteiger partial charge in [0.15, 0.2) is 11.6 Å². The first-order valence-corrected chi connectivity index (χ1v) is 17.7. The van der Waals surface area contributed by atoms with Crippen molar-refractivity contribution in [2.45, 2.75) is 0 Å². The van der Waals surface area contributed by atoms with Crippen LogP contribution >= 0.6 is 11.3 Å². The van der Waals surface area contributed by atoms with Gasteiger partial charge in [-0.05, 0) is 42.5 Å². The van der Waals surface area contributed by atoms with Crippen LogP contribution in [-0.2, 0) is 0 Å². The SMILES string of the molecule is c1ccc(-c2nc(-c3ccccc3-n3c4ccccc4c4cnccc43)nc(-n3c4ccccc4c4c5sc6ccccc6c5ccc43)n2)cc1. The maximum absolute atomic E-state index is 5.34. The standard InChI is InChI=1S/C44H26N6S/c1-2-12-27(13-3-1)42-46-43(32-17-6-10-20-36(32)49-34-18-8-4-14-28(34)33-26-45-25-24-37(33)49)48-44(47-42)50-35-19-9-5-16-31(35)40-38(50)23-22-30-29-15-7-11-21-39(29)51-41(30)40/h1-26H. The Hall–Kier alpha value is -6.70. The van der Waals surface area contributed by atoms with Gasteiger partial charge >= 0.3 is 0 Å². The van der Waals surface area contributed by atoms with Gasteiger partial charge in [-0.25, -0.2) is 4.98 Å². The summed E-state index contributed by atoms with van der Waals surface area (Å²) in [4.78, 5) is 20.2. The molecule has 11 aromatic rings. The molecule has 0 saturated carbocycles. The zero-order valence-corrected chi connectivity index (χ0v) is 27.9. The first kappa shape index (κ1) is 28.2. The number of rotatable bonds is 4. The lowest BCUT2D eigenvalue weighted by Gasteiger charge is -2.15. The minimum atomic E-state index is 0.576. The number of hydrogen-bond donors (Lipinski definition) is 0. The molecule has 0 amide bonds. The molecule has 0 radical (unpaired) electrons. The van der Waals surface area contributed by atoms with Crippen LogP contribution in [0.3, 0.4) is 0 Å². The number of benzene rings is 6. The monoisotopic (exact) mass is 670 g/mol. The second-order valence-corrected chi connectivity index (χ2v) is 13.8. The molecule has 6 nitrogen and oxygen atoms in total. The fourth-order valence-electron chi connectivity index (χ4n) is 7.68. The van der Waals surface area contributed by atoms with E-state index in [1.54, 1.807) is 0 Å². The minimum Gasteiger partial charge on any atom is -0.308 e. The number of nitrogens with zero attached hydrogens (tertiary/aromatic N) is 6. The zero-order chi connectivity index (χ0) is 33.5. The van der Waals surface area contributed by atoms with E-state index in [0.717, 1.165) is 49.7 Å². The topological polar surface area (TPSA) is 61.4 Å². The third-order valence-corrected chi connectivity index (χ3v) is 11.1. The van der Waals surface area contributed by atoms with Gasteiger partial charge in [0.2, 0.25) is 5.95 Å². The predicted octanol–water partition coefficient (Wildman–Crippen LogP) is 11.2. The second kappa shape index (κ2) is 10.9. The van der Waals surface area contributed by atoms with Crippen molar-refractivity contribution in [3.05, 3.63) is 158 Å². The lowest BCUT2D eigenvalue weighted by Crippen LogP contribution is -2.07.